The first-order valence-electron chi connectivity index (χ1n) is 7.52. The van der Waals surface area contributed by atoms with Crippen LogP contribution in [0.3, 0.4) is 0 Å². The number of nitrogens with zero attached hydrogens (tertiary/aromatic N) is 1. The van der Waals surface area contributed by atoms with Gasteiger partial charge in [0.25, 0.3) is 5.91 Å². The van der Waals surface area contributed by atoms with Gasteiger partial charge in [-0.2, -0.15) is 0 Å². The van der Waals surface area contributed by atoms with Crippen molar-refractivity contribution in [2.24, 2.45) is 0 Å². The molecule has 2 aromatic carbocycles. The van der Waals surface area contributed by atoms with Crippen LogP contribution in [0.2, 0.25) is 0 Å². The molecule has 0 atom stereocenters. The van der Waals surface area contributed by atoms with Crippen LogP contribution in [0.25, 0.3) is 0 Å². The molecule has 2 aromatic rings. The molecule has 0 radical (unpaired) electrons. The number of halogens is 1. The molecule has 0 bridgehead atoms. The average molecular weight is 366 g/mol. The van der Waals surface area contributed by atoms with Gasteiger partial charge in [-0.05, 0) is 43.3 Å². The van der Waals surface area contributed by atoms with Crippen molar-refractivity contribution in [2.45, 2.75) is 11.8 Å². The summed E-state index contributed by atoms with van der Waals surface area (Å²) in [6.07, 6.45) is 0. The molecule has 6 nitrogen and oxygen atoms in total. The lowest BCUT2D eigenvalue weighted by atomic mass is 10.2. The first kappa shape index (κ1) is 18.9. The van der Waals surface area contributed by atoms with Gasteiger partial charge in [0.1, 0.15) is 16.5 Å². The van der Waals surface area contributed by atoms with Gasteiger partial charge in [0.05, 0.1) is 6.61 Å². The number of hydrogen-bond donors (Lipinski definition) is 1. The van der Waals surface area contributed by atoms with Crippen LogP contribution in [0.5, 0.6) is 5.75 Å². The van der Waals surface area contributed by atoms with E-state index in [9.17, 15) is 17.6 Å². The van der Waals surface area contributed by atoms with E-state index in [4.69, 9.17) is 4.74 Å². The largest absolute Gasteiger partial charge is 0.492 e. The molecule has 2 rings (SSSR count). The van der Waals surface area contributed by atoms with Crippen molar-refractivity contribution in [3.8, 4) is 5.75 Å². The fraction of sp³-hybridized carbons (Fsp3) is 0.235. The topological polar surface area (TPSA) is 75.7 Å². The van der Waals surface area contributed by atoms with Crippen molar-refractivity contribution >= 4 is 21.6 Å². The van der Waals surface area contributed by atoms with Gasteiger partial charge in [0, 0.05) is 25.3 Å². The third-order valence-electron chi connectivity index (χ3n) is 3.35. The Hall–Kier alpha value is -2.45. The second-order valence-electron chi connectivity index (χ2n) is 5.35. The zero-order chi connectivity index (χ0) is 18.6. The Kier molecular flexibility index (Phi) is 5.76. The quantitative estimate of drug-likeness (QED) is 0.853. The van der Waals surface area contributed by atoms with Crippen LogP contribution in [-0.2, 0) is 10.0 Å². The van der Waals surface area contributed by atoms with Crippen LogP contribution in [0.4, 0.5) is 10.1 Å². The zero-order valence-electron chi connectivity index (χ0n) is 14.1. The number of sulfonamides is 1. The van der Waals surface area contributed by atoms with Gasteiger partial charge in [0.2, 0.25) is 10.0 Å². The van der Waals surface area contributed by atoms with Gasteiger partial charge in [-0.25, -0.2) is 17.1 Å². The minimum atomic E-state index is -3.76. The van der Waals surface area contributed by atoms with Crippen LogP contribution in [0.1, 0.15) is 17.3 Å². The molecule has 0 spiro atoms. The predicted molar refractivity (Wildman–Crippen MR) is 92.8 cm³/mol. The predicted octanol–water partition coefficient (Wildman–Crippen LogP) is 2.73. The number of amides is 1. The number of benzene rings is 2. The van der Waals surface area contributed by atoms with Crippen LogP contribution in [-0.4, -0.2) is 39.3 Å². The molecule has 8 heteroatoms. The van der Waals surface area contributed by atoms with E-state index in [0.717, 1.165) is 10.4 Å². The Bertz CT molecular complexity index is 882. The molecule has 1 N–H and O–H groups in total. The smallest absolute Gasteiger partial charge is 0.255 e. The monoisotopic (exact) mass is 366 g/mol. The number of rotatable bonds is 6. The van der Waals surface area contributed by atoms with E-state index in [1.807, 2.05) is 0 Å². The molecular weight excluding hydrogens is 347 g/mol. The molecule has 0 saturated heterocycles. The van der Waals surface area contributed by atoms with Crippen molar-refractivity contribution < 1.29 is 22.3 Å². The summed E-state index contributed by atoms with van der Waals surface area (Å²) in [5.41, 5.74) is 0.393. The molecule has 0 heterocycles. The molecule has 1 amide bonds. The number of nitrogens with one attached hydrogen (secondary N) is 1. The molecule has 0 aromatic heterocycles. The Labute approximate surface area is 146 Å². The van der Waals surface area contributed by atoms with E-state index in [2.05, 4.69) is 5.32 Å². The van der Waals surface area contributed by atoms with Gasteiger partial charge in [-0.3, -0.25) is 4.79 Å². The Morgan fingerprint density at radius 3 is 2.52 bits per heavy atom. The van der Waals surface area contributed by atoms with Crippen LogP contribution in [0.15, 0.2) is 47.4 Å². The highest BCUT2D eigenvalue weighted by molar-refractivity contribution is 7.89. The van der Waals surface area contributed by atoms with Gasteiger partial charge >= 0.3 is 0 Å². The molecule has 0 aliphatic rings. The van der Waals surface area contributed by atoms with Crippen LogP contribution >= 0.6 is 0 Å². The van der Waals surface area contributed by atoms with Crippen molar-refractivity contribution in [1.82, 2.24) is 4.31 Å². The Morgan fingerprint density at radius 1 is 1.20 bits per heavy atom. The first-order chi connectivity index (χ1) is 11.8. The van der Waals surface area contributed by atoms with E-state index in [1.165, 1.54) is 50.5 Å². The summed E-state index contributed by atoms with van der Waals surface area (Å²) >= 11 is 0. The average Bonchev–Trinajstić information content (AvgIpc) is 2.56. The molecule has 25 heavy (non-hydrogen) atoms. The van der Waals surface area contributed by atoms with E-state index >= 15 is 0 Å². The summed E-state index contributed by atoms with van der Waals surface area (Å²) in [6.45, 7) is 2.04. The first-order valence-corrected chi connectivity index (χ1v) is 8.96. The number of anilines is 1. The number of carbonyl (C=O) groups is 1. The van der Waals surface area contributed by atoms with Crippen LogP contribution < -0.4 is 10.1 Å². The highest BCUT2D eigenvalue weighted by Crippen LogP contribution is 2.29. The number of ether oxygens (including phenoxy) is 1. The molecule has 0 saturated carbocycles. The summed E-state index contributed by atoms with van der Waals surface area (Å²) < 4.78 is 44.6. The second kappa shape index (κ2) is 7.62. The molecular formula is C17H19FN2O4S. The third kappa shape index (κ3) is 4.34. The highest BCUT2D eigenvalue weighted by Gasteiger charge is 2.23. The lowest BCUT2D eigenvalue weighted by Crippen LogP contribution is -2.23. The van der Waals surface area contributed by atoms with Crippen LogP contribution in [0, 0.1) is 5.82 Å². The molecule has 134 valence electrons. The van der Waals surface area contributed by atoms with E-state index in [-0.39, 0.29) is 21.9 Å². The lowest BCUT2D eigenvalue weighted by Gasteiger charge is -2.16. The van der Waals surface area contributed by atoms with Crippen molar-refractivity contribution in [1.29, 1.82) is 0 Å². The van der Waals surface area contributed by atoms with Crippen molar-refractivity contribution in [3.05, 3.63) is 53.8 Å². The summed E-state index contributed by atoms with van der Waals surface area (Å²) in [4.78, 5) is 12.1. The van der Waals surface area contributed by atoms with E-state index in [1.54, 1.807) is 6.92 Å². The molecule has 0 fully saturated rings. The molecule has 0 aliphatic carbocycles. The number of carbonyl (C=O) groups excluding carboxylic acids is 1. The lowest BCUT2D eigenvalue weighted by molar-refractivity contribution is 0.102. The fourth-order valence-corrected chi connectivity index (χ4v) is 3.14. The minimum absolute atomic E-state index is 0.0589. The maximum absolute atomic E-state index is 13.2. The Balaban J connectivity index is 2.38. The molecule has 0 unspecified atom stereocenters. The minimum Gasteiger partial charge on any atom is -0.492 e. The van der Waals surface area contributed by atoms with Gasteiger partial charge < -0.3 is 10.1 Å². The molecule has 0 aliphatic heterocycles. The third-order valence-corrected chi connectivity index (χ3v) is 5.18. The number of hydrogen-bond acceptors (Lipinski definition) is 4. The van der Waals surface area contributed by atoms with E-state index in [0.29, 0.717) is 6.61 Å². The van der Waals surface area contributed by atoms with Gasteiger partial charge in [-0.15, -0.1) is 0 Å². The van der Waals surface area contributed by atoms with E-state index < -0.39 is 21.7 Å². The summed E-state index contributed by atoms with van der Waals surface area (Å²) in [6, 6.07) is 9.53. The van der Waals surface area contributed by atoms with Gasteiger partial charge in [-0.1, -0.05) is 6.07 Å². The van der Waals surface area contributed by atoms with Crippen molar-refractivity contribution in [3.63, 3.8) is 0 Å². The SMILES string of the molecule is CCOc1ccc(NC(=O)c2cccc(F)c2)cc1S(=O)(=O)N(C)C. The summed E-state index contributed by atoms with van der Waals surface area (Å²) in [5, 5.41) is 2.56. The Morgan fingerprint density at radius 2 is 1.92 bits per heavy atom. The van der Waals surface area contributed by atoms with Crippen molar-refractivity contribution in [2.75, 3.05) is 26.0 Å². The second-order valence-corrected chi connectivity index (χ2v) is 7.47. The zero-order valence-corrected chi connectivity index (χ0v) is 14.9. The van der Waals surface area contributed by atoms with Gasteiger partial charge in [0.15, 0.2) is 0 Å². The maximum atomic E-state index is 13.2. The normalized spacial score (nSPS) is 11.4. The fourth-order valence-electron chi connectivity index (χ4n) is 2.09. The standard InChI is InChI=1S/C17H19FN2O4S/c1-4-24-15-9-8-14(11-16(15)25(22,23)20(2)3)19-17(21)12-6-5-7-13(18)10-12/h5-11H,4H2,1-3H3,(H,19,21). The maximum Gasteiger partial charge on any atom is 0.255 e. The highest BCUT2D eigenvalue weighted by atomic mass is 32.2. The summed E-state index contributed by atoms with van der Waals surface area (Å²) in [7, 11) is -0.951. The summed E-state index contributed by atoms with van der Waals surface area (Å²) in [5.74, 6) is -0.882.